The highest BCUT2D eigenvalue weighted by Crippen LogP contribution is 2.35. The molecule has 1 N–H and O–H groups in total. The Hall–Kier alpha value is -2.81. The normalized spacial score (nSPS) is 19.1. The van der Waals surface area contributed by atoms with Crippen LogP contribution in [0.5, 0.6) is 0 Å². The van der Waals surface area contributed by atoms with Crippen LogP contribution in [0.15, 0.2) is 36.4 Å². The highest BCUT2D eigenvalue weighted by atomic mass is 16.8. The molecule has 1 aromatic rings. The monoisotopic (exact) mass is 484 g/mol. The summed E-state index contributed by atoms with van der Waals surface area (Å²) in [4.78, 5) is 43.9. The lowest BCUT2D eigenvalue weighted by Gasteiger charge is -2.31. The smallest absolute Gasteiger partial charge is 0.267 e. The van der Waals surface area contributed by atoms with Gasteiger partial charge in [0.1, 0.15) is 0 Å². The summed E-state index contributed by atoms with van der Waals surface area (Å²) in [7, 11) is 0. The van der Waals surface area contributed by atoms with Gasteiger partial charge in [-0.3, -0.25) is 19.3 Å². The molecule has 8 heteroatoms. The quantitative estimate of drug-likeness (QED) is 0.234. The molecule has 0 radical (unpaired) electrons. The fraction of sp³-hybridized carbons (Fsp3) is 0.519. The third kappa shape index (κ3) is 7.10. The Balaban J connectivity index is 0.00000167. The van der Waals surface area contributed by atoms with Crippen molar-refractivity contribution in [1.29, 1.82) is 0 Å². The Bertz CT molecular complexity index is 949. The van der Waals surface area contributed by atoms with Crippen LogP contribution >= 0.6 is 0 Å². The number of carbonyl (C=O) groups excluding carboxylic acids is 3. The summed E-state index contributed by atoms with van der Waals surface area (Å²) in [5.41, 5.74) is 5.48. The number of rotatable bonds is 10. The lowest BCUT2D eigenvalue weighted by atomic mass is 9.83. The van der Waals surface area contributed by atoms with Gasteiger partial charge in [-0.15, -0.1) is 0 Å². The SMILES string of the molecule is CC.O=C(/C=C/CCCOCCN1C(=O)C2=CCCc3cccc(c32)C1=O)NOC1CCCCO1. The molecule has 0 aromatic heterocycles. The zero-order chi connectivity index (χ0) is 25.0. The first-order valence-electron chi connectivity index (χ1n) is 12.7. The van der Waals surface area contributed by atoms with E-state index >= 15 is 0 Å². The van der Waals surface area contributed by atoms with E-state index in [4.69, 9.17) is 14.3 Å². The summed E-state index contributed by atoms with van der Waals surface area (Å²) in [5.74, 6) is -0.819. The van der Waals surface area contributed by atoms with Crippen molar-refractivity contribution in [2.75, 3.05) is 26.4 Å². The standard InChI is InChI=1S/C25H30N2O6.C2H6/c28-21(26-33-22-13-3-5-16-32-22)12-2-1-4-15-31-17-14-27-24(29)19-10-6-8-18-9-7-11-20(23(18)19)25(27)30;1-2/h2,6,8,10-12,22H,1,3-5,7,9,13-17H2,(H,26,28);1-2H3/b12-2+;. The van der Waals surface area contributed by atoms with Gasteiger partial charge in [0.2, 0.25) is 0 Å². The molecule has 1 saturated heterocycles. The molecular weight excluding hydrogens is 448 g/mol. The van der Waals surface area contributed by atoms with Gasteiger partial charge in [-0.25, -0.2) is 10.3 Å². The molecular formula is C27H36N2O6. The molecule has 35 heavy (non-hydrogen) atoms. The fourth-order valence-electron chi connectivity index (χ4n) is 4.27. The summed E-state index contributed by atoms with van der Waals surface area (Å²) in [6.07, 6.45) is 10.6. The van der Waals surface area contributed by atoms with Crippen LogP contribution in [-0.2, 0) is 30.3 Å². The van der Waals surface area contributed by atoms with Crippen LogP contribution in [0.4, 0.5) is 0 Å². The number of amides is 3. The summed E-state index contributed by atoms with van der Waals surface area (Å²) < 4.78 is 11.0. The van der Waals surface area contributed by atoms with Crippen LogP contribution in [0, 0.1) is 0 Å². The average Bonchev–Trinajstić information content (AvgIpc) is 2.91. The number of hydrogen-bond donors (Lipinski definition) is 1. The van der Waals surface area contributed by atoms with Crippen LogP contribution in [-0.4, -0.2) is 55.3 Å². The van der Waals surface area contributed by atoms with E-state index in [1.165, 1.54) is 11.0 Å². The van der Waals surface area contributed by atoms with Crippen LogP contribution in [0.1, 0.15) is 73.9 Å². The number of nitrogens with one attached hydrogen (secondary N) is 1. The van der Waals surface area contributed by atoms with Gasteiger partial charge < -0.3 is 9.47 Å². The molecule has 1 fully saturated rings. The Kier molecular flexibility index (Phi) is 10.7. The van der Waals surface area contributed by atoms with E-state index in [2.05, 4.69) is 5.48 Å². The fourth-order valence-corrected chi connectivity index (χ4v) is 4.27. The number of aryl methyl sites for hydroxylation is 1. The molecule has 3 aliphatic rings. The van der Waals surface area contributed by atoms with Gasteiger partial charge in [0.15, 0.2) is 6.29 Å². The van der Waals surface area contributed by atoms with E-state index in [9.17, 15) is 14.4 Å². The second-order valence-corrected chi connectivity index (χ2v) is 8.30. The number of benzene rings is 1. The number of carbonyl (C=O) groups is 3. The van der Waals surface area contributed by atoms with Gasteiger partial charge in [-0.1, -0.05) is 38.1 Å². The molecule has 4 rings (SSSR count). The molecule has 1 unspecified atom stereocenters. The Morgan fingerprint density at radius 1 is 1.20 bits per heavy atom. The molecule has 8 nitrogen and oxygen atoms in total. The second kappa shape index (κ2) is 13.9. The predicted molar refractivity (Wildman–Crippen MR) is 132 cm³/mol. The maximum absolute atomic E-state index is 12.9. The number of unbranched alkanes of at least 4 members (excludes halogenated alkanes) is 1. The maximum atomic E-state index is 12.9. The summed E-state index contributed by atoms with van der Waals surface area (Å²) in [6, 6.07) is 5.65. The van der Waals surface area contributed by atoms with Crippen molar-refractivity contribution in [2.45, 2.75) is 65.1 Å². The summed E-state index contributed by atoms with van der Waals surface area (Å²) in [5, 5.41) is 0. The number of imide groups is 1. The molecule has 1 aromatic carbocycles. The number of hydrogen-bond acceptors (Lipinski definition) is 6. The number of ether oxygens (including phenoxy) is 2. The lowest BCUT2D eigenvalue weighted by Crippen LogP contribution is -2.44. The van der Waals surface area contributed by atoms with Gasteiger partial charge in [0, 0.05) is 42.4 Å². The van der Waals surface area contributed by atoms with Crippen LogP contribution < -0.4 is 5.48 Å². The summed E-state index contributed by atoms with van der Waals surface area (Å²) in [6.45, 7) is 5.62. The highest BCUT2D eigenvalue weighted by Gasteiger charge is 2.36. The minimum atomic E-state index is -0.367. The first-order valence-corrected chi connectivity index (χ1v) is 12.7. The minimum Gasteiger partial charge on any atom is -0.380 e. The van der Waals surface area contributed by atoms with Crippen molar-refractivity contribution in [2.24, 2.45) is 0 Å². The van der Waals surface area contributed by atoms with Crippen molar-refractivity contribution in [1.82, 2.24) is 10.4 Å². The van der Waals surface area contributed by atoms with Crippen molar-refractivity contribution < 1.29 is 28.7 Å². The predicted octanol–water partition coefficient (Wildman–Crippen LogP) is 3.95. The number of allylic oxidation sites excluding steroid dienone is 2. The van der Waals surface area contributed by atoms with Gasteiger partial charge in [-0.05, 0) is 50.2 Å². The molecule has 0 spiro atoms. The van der Waals surface area contributed by atoms with Crippen LogP contribution in [0.2, 0.25) is 0 Å². The average molecular weight is 485 g/mol. The highest BCUT2D eigenvalue weighted by molar-refractivity contribution is 6.31. The third-order valence-corrected chi connectivity index (χ3v) is 5.95. The minimum absolute atomic E-state index is 0.220. The first-order chi connectivity index (χ1) is 17.1. The molecule has 2 heterocycles. The van der Waals surface area contributed by atoms with Crippen molar-refractivity contribution in [3.63, 3.8) is 0 Å². The maximum Gasteiger partial charge on any atom is 0.267 e. The second-order valence-electron chi connectivity index (χ2n) is 8.30. The number of hydroxylamine groups is 1. The van der Waals surface area contributed by atoms with Gasteiger partial charge in [0.05, 0.1) is 13.2 Å². The van der Waals surface area contributed by atoms with Gasteiger partial charge >= 0.3 is 0 Å². The lowest BCUT2D eigenvalue weighted by molar-refractivity contribution is -0.198. The zero-order valence-corrected chi connectivity index (χ0v) is 20.7. The van der Waals surface area contributed by atoms with E-state index < -0.39 is 0 Å². The van der Waals surface area contributed by atoms with E-state index in [-0.39, 0.29) is 37.2 Å². The molecule has 3 amide bonds. The zero-order valence-electron chi connectivity index (χ0n) is 20.7. The molecule has 2 aliphatic heterocycles. The van der Waals surface area contributed by atoms with Crippen molar-refractivity contribution in [3.05, 3.63) is 53.1 Å². The van der Waals surface area contributed by atoms with E-state index in [0.29, 0.717) is 30.8 Å². The first kappa shape index (κ1) is 26.8. The Morgan fingerprint density at radius 3 is 2.86 bits per heavy atom. The van der Waals surface area contributed by atoms with Crippen molar-refractivity contribution in [3.8, 4) is 0 Å². The van der Waals surface area contributed by atoms with E-state index in [1.54, 1.807) is 12.1 Å². The van der Waals surface area contributed by atoms with E-state index in [1.807, 2.05) is 32.1 Å². The van der Waals surface area contributed by atoms with Crippen LogP contribution in [0.3, 0.4) is 0 Å². The molecule has 0 bridgehead atoms. The number of nitrogens with zero attached hydrogens (tertiary/aromatic N) is 1. The Labute approximate surface area is 207 Å². The summed E-state index contributed by atoms with van der Waals surface area (Å²) >= 11 is 0. The molecule has 1 atom stereocenters. The van der Waals surface area contributed by atoms with Crippen LogP contribution in [0.25, 0.3) is 5.57 Å². The largest absolute Gasteiger partial charge is 0.380 e. The topological polar surface area (TPSA) is 94.2 Å². The molecule has 0 saturated carbocycles. The van der Waals surface area contributed by atoms with Gasteiger partial charge in [-0.2, -0.15) is 0 Å². The third-order valence-electron chi connectivity index (χ3n) is 5.95. The van der Waals surface area contributed by atoms with Crippen molar-refractivity contribution >= 4 is 23.3 Å². The van der Waals surface area contributed by atoms with Gasteiger partial charge in [0.25, 0.3) is 17.7 Å². The molecule has 190 valence electrons. The Morgan fingerprint density at radius 2 is 2.06 bits per heavy atom. The molecule has 1 aliphatic carbocycles. The van der Waals surface area contributed by atoms with E-state index in [0.717, 1.165) is 49.7 Å².